The monoisotopic (exact) mass is 346 g/mol. The first kappa shape index (κ1) is 20.2. The summed E-state index contributed by atoms with van der Waals surface area (Å²) in [5.74, 6) is 0. The fraction of sp³-hybridized carbons (Fsp3) is 0.500. The minimum Gasteiger partial charge on any atom is -0.316 e. The van der Waals surface area contributed by atoms with Gasteiger partial charge < -0.3 is 5.32 Å². The van der Waals surface area contributed by atoms with Crippen LogP contribution >= 0.6 is 12.4 Å². The molecule has 0 heterocycles. The molecule has 0 fully saturated rings. The van der Waals surface area contributed by atoms with Gasteiger partial charge in [0.05, 0.1) is 11.3 Å². The number of likely N-dealkylation sites (N-methyl/N-ethyl adjacent to an activating group) is 1. The number of nitrogens with one attached hydrogen (secondary N) is 2. The zero-order chi connectivity index (χ0) is 15.4. The van der Waals surface area contributed by atoms with E-state index in [1.807, 2.05) is 0 Å². The van der Waals surface area contributed by atoms with Crippen molar-refractivity contribution in [3.63, 3.8) is 0 Å². The lowest BCUT2D eigenvalue weighted by Crippen LogP contribution is -2.37. The number of hydrogen-bond acceptors (Lipinski definition) is 3. The molecule has 2 N–H and O–H groups in total. The minimum absolute atomic E-state index is 0. The zero-order valence-electron chi connectivity index (χ0n) is 11.6. The number of rotatable bonds is 6. The van der Waals surface area contributed by atoms with Crippen molar-refractivity contribution in [2.24, 2.45) is 0 Å². The van der Waals surface area contributed by atoms with Gasteiger partial charge in [-0.1, -0.05) is 12.1 Å². The summed E-state index contributed by atoms with van der Waals surface area (Å²) < 4.78 is 62.7. The molecule has 1 rings (SSSR count). The third-order valence-electron chi connectivity index (χ3n) is 2.71. The van der Waals surface area contributed by atoms with Crippen molar-refractivity contribution < 1.29 is 21.6 Å². The lowest BCUT2D eigenvalue weighted by atomic mass is 10.1. The van der Waals surface area contributed by atoms with Crippen LogP contribution in [0.4, 0.5) is 13.2 Å². The average Bonchev–Trinajstić information content (AvgIpc) is 2.34. The van der Waals surface area contributed by atoms with Gasteiger partial charge in [-0.15, -0.1) is 12.4 Å². The fourth-order valence-corrected chi connectivity index (χ4v) is 2.57. The Hall–Kier alpha value is -0.830. The van der Waals surface area contributed by atoms with E-state index in [0.29, 0.717) is 0 Å². The van der Waals surface area contributed by atoms with Gasteiger partial charge in [0.2, 0.25) is 10.0 Å². The molecular weight excluding hydrogens is 329 g/mol. The van der Waals surface area contributed by atoms with Gasteiger partial charge in [-0.05, 0) is 31.7 Å². The highest BCUT2D eigenvalue weighted by molar-refractivity contribution is 7.89. The quantitative estimate of drug-likeness (QED) is 0.829. The number of alkyl halides is 3. The van der Waals surface area contributed by atoms with Gasteiger partial charge in [0.1, 0.15) is 0 Å². The molecule has 0 aromatic heterocycles. The molecule has 21 heavy (non-hydrogen) atoms. The van der Waals surface area contributed by atoms with Crippen LogP contribution in [-0.4, -0.2) is 34.2 Å². The summed E-state index contributed by atoms with van der Waals surface area (Å²) in [6, 6.07) is 4.64. The van der Waals surface area contributed by atoms with Crippen molar-refractivity contribution in [1.29, 1.82) is 0 Å². The number of sulfonamides is 1. The van der Waals surface area contributed by atoms with Crippen LogP contribution in [0.15, 0.2) is 29.2 Å². The maximum Gasteiger partial charge on any atom is 0.393 e. The number of hydrogen-bond donors (Lipinski definition) is 2. The zero-order valence-corrected chi connectivity index (χ0v) is 13.2. The molecule has 0 amide bonds. The lowest BCUT2D eigenvalue weighted by Gasteiger charge is -2.12. The van der Waals surface area contributed by atoms with Gasteiger partial charge in [0.25, 0.3) is 0 Å². The maximum atomic E-state index is 12.2. The third-order valence-corrected chi connectivity index (χ3v) is 4.15. The summed E-state index contributed by atoms with van der Waals surface area (Å²) in [6.07, 6.45) is -5.38. The smallest absolute Gasteiger partial charge is 0.316 e. The van der Waals surface area contributed by atoms with Crippen LogP contribution in [0.3, 0.4) is 0 Å². The normalized spacial score (nSPS) is 13.6. The summed E-state index contributed by atoms with van der Waals surface area (Å²) >= 11 is 0. The first-order valence-electron chi connectivity index (χ1n) is 5.96. The number of halogens is 4. The van der Waals surface area contributed by atoms with Crippen molar-refractivity contribution in [1.82, 2.24) is 10.0 Å². The first-order valence-corrected chi connectivity index (χ1v) is 7.45. The van der Waals surface area contributed by atoms with Crippen LogP contribution in [0, 0.1) is 0 Å². The molecular formula is C12H18ClF3N2O2S. The summed E-state index contributed by atoms with van der Waals surface area (Å²) in [6.45, 7) is 2.00. The molecule has 1 atom stereocenters. The van der Waals surface area contributed by atoms with Crippen LogP contribution in [0.1, 0.15) is 12.5 Å². The highest BCUT2D eigenvalue weighted by Gasteiger charge is 2.27. The third kappa shape index (κ3) is 7.12. The Morgan fingerprint density at radius 2 is 1.71 bits per heavy atom. The van der Waals surface area contributed by atoms with Crippen LogP contribution in [0.5, 0.6) is 0 Å². The molecule has 1 aromatic rings. The van der Waals surface area contributed by atoms with E-state index in [9.17, 15) is 21.6 Å². The Labute approximate surface area is 128 Å². The first-order chi connectivity index (χ1) is 9.14. The molecule has 4 nitrogen and oxygen atoms in total. The molecule has 122 valence electrons. The molecule has 0 saturated heterocycles. The van der Waals surface area contributed by atoms with Gasteiger partial charge in [0.15, 0.2) is 0 Å². The van der Waals surface area contributed by atoms with Crippen LogP contribution in [-0.2, 0) is 16.4 Å². The summed E-state index contributed by atoms with van der Waals surface area (Å²) in [7, 11) is -2.00. The van der Waals surface area contributed by atoms with Crippen LogP contribution < -0.4 is 10.0 Å². The molecule has 0 bridgehead atoms. The second-order valence-corrected chi connectivity index (χ2v) is 6.24. The molecule has 1 aromatic carbocycles. The van der Waals surface area contributed by atoms with Crippen LogP contribution in [0.2, 0.25) is 0 Å². The Kier molecular flexibility index (Phi) is 7.66. The van der Waals surface area contributed by atoms with Crippen molar-refractivity contribution in [2.75, 3.05) is 13.6 Å². The Balaban J connectivity index is 0.00000400. The predicted molar refractivity (Wildman–Crippen MR) is 77.2 cm³/mol. The Morgan fingerprint density at radius 1 is 1.19 bits per heavy atom. The Morgan fingerprint density at radius 3 is 2.14 bits per heavy atom. The van der Waals surface area contributed by atoms with E-state index in [4.69, 9.17) is 0 Å². The summed E-state index contributed by atoms with van der Waals surface area (Å²) in [5.41, 5.74) is 0.0278. The van der Waals surface area contributed by atoms with Gasteiger partial charge in [0, 0.05) is 12.6 Å². The van der Waals surface area contributed by atoms with Gasteiger partial charge in [-0.2, -0.15) is 13.2 Å². The molecule has 0 aliphatic rings. The second kappa shape index (κ2) is 7.98. The molecule has 0 spiro atoms. The average molecular weight is 347 g/mol. The van der Waals surface area contributed by atoms with Gasteiger partial charge in [-0.3, -0.25) is 0 Å². The summed E-state index contributed by atoms with van der Waals surface area (Å²) in [4.78, 5) is -0.0493. The van der Waals surface area contributed by atoms with E-state index in [1.54, 1.807) is 14.0 Å². The number of benzene rings is 1. The molecule has 0 radical (unpaired) electrons. The Bertz CT molecular complexity index is 532. The molecule has 0 aliphatic carbocycles. The van der Waals surface area contributed by atoms with E-state index in [-0.39, 0.29) is 35.5 Å². The second-order valence-electron chi connectivity index (χ2n) is 4.48. The van der Waals surface area contributed by atoms with E-state index in [0.717, 1.165) is 0 Å². The lowest BCUT2D eigenvalue weighted by molar-refractivity contribution is -0.127. The molecule has 0 aliphatic heterocycles. The van der Waals surface area contributed by atoms with Crippen LogP contribution in [0.25, 0.3) is 0 Å². The summed E-state index contributed by atoms with van der Waals surface area (Å²) in [5, 5.41) is 2.87. The fourth-order valence-electron chi connectivity index (χ4n) is 1.44. The van der Waals surface area contributed by atoms with E-state index < -0.39 is 22.6 Å². The molecule has 9 heteroatoms. The highest BCUT2D eigenvalue weighted by atomic mass is 35.5. The maximum absolute atomic E-state index is 12.2. The standard InChI is InChI=1S/C12H17F3N2O2S.ClH/c1-9(16-2)8-17-20(18,19)11-5-3-10(4-6-11)7-12(13,14)15;/h3-6,9,16-17H,7-8H2,1-2H3;1H. The van der Waals surface area contributed by atoms with E-state index >= 15 is 0 Å². The van der Waals surface area contributed by atoms with Gasteiger partial charge in [-0.25, -0.2) is 13.1 Å². The largest absolute Gasteiger partial charge is 0.393 e. The van der Waals surface area contributed by atoms with Crippen molar-refractivity contribution >= 4 is 22.4 Å². The molecule has 1 unspecified atom stereocenters. The van der Waals surface area contributed by atoms with Crippen molar-refractivity contribution in [2.45, 2.75) is 30.5 Å². The van der Waals surface area contributed by atoms with Crippen molar-refractivity contribution in [3.8, 4) is 0 Å². The van der Waals surface area contributed by atoms with Crippen molar-refractivity contribution in [3.05, 3.63) is 29.8 Å². The SMILES string of the molecule is CNC(C)CNS(=O)(=O)c1ccc(CC(F)(F)F)cc1.Cl. The highest BCUT2D eigenvalue weighted by Crippen LogP contribution is 2.22. The predicted octanol–water partition coefficient (Wildman–Crippen LogP) is 2.10. The van der Waals surface area contributed by atoms with E-state index in [1.165, 1.54) is 24.3 Å². The van der Waals surface area contributed by atoms with Gasteiger partial charge >= 0.3 is 6.18 Å². The minimum atomic E-state index is -4.30. The molecule has 0 saturated carbocycles. The van der Waals surface area contributed by atoms with E-state index in [2.05, 4.69) is 10.0 Å². The topological polar surface area (TPSA) is 58.2 Å².